The van der Waals surface area contributed by atoms with Crippen LogP contribution in [0.4, 0.5) is 0 Å². The second kappa shape index (κ2) is 5.34. The summed E-state index contributed by atoms with van der Waals surface area (Å²) < 4.78 is 0. The summed E-state index contributed by atoms with van der Waals surface area (Å²) in [6.45, 7) is 0. The van der Waals surface area contributed by atoms with E-state index in [1.54, 1.807) is 0 Å². The Morgan fingerprint density at radius 1 is 0.684 bits per heavy atom. The summed E-state index contributed by atoms with van der Waals surface area (Å²) in [5, 5.41) is 0. The van der Waals surface area contributed by atoms with Crippen molar-refractivity contribution in [1.29, 1.82) is 0 Å². The van der Waals surface area contributed by atoms with Gasteiger partial charge in [0.1, 0.15) is 0 Å². The van der Waals surface area contributed by atoms with Crippen LogP contribution in [0.2, 0.25) is 0 Å². The van der Waals surface area contributed by atoms with E-state index in [0.717, 1.165) is 16.7 Å². The second-order valence-electron chi connectivity index (χ2n) is 4.32. The summed E-state index contributed by atoms with van der Waals surface area (Å²) in [4.78, 5) is 4.18. The van der Waals surface area contributed by atoms with Gasteiger partial charge < -0.3 is 0 Å². The van der Waals surface area contributed by atoms with E-state index in [9.17, 15) is 0 Å². The molecule has 0 aromatic heterocycles. The van der Waals surface area contributed by atoms with Crippen molar-refractivity contribution < 1.29 is 0 Å². The van der Waals surface area contributed by atoms with E-state index in [2.05, 4.69) is 41.2 Å². The lowest BCUT2D eigenvalue weighted by molar-refractivity contribution is 1.56. The number of nitrogens with zero attached hydrogens (tertiary/aromatic N) is 1. The zero-order valence-electron chi connectivity index (χ0n) is 10.5. The topological polar surface area (TPSA) is 12.4 Å². The van der Waals surface area contributed by atoms with Crippen LogP contribution in [0.25, 0.3) is 11.1 Å². The van der Waals surface area contributed by atoms with E-state index in [4.69, 9.17) is 0 Å². The number of hydrogen-bond donors (Lipinski definition) is 0. The Morgan fingerprint density at radius 3 is 1.89 bits per heavy atom. The molecule has 0 N–H and O–H groups in total. The monoisotopic (exact) mass is 243 g/mol. The molecule has 0 radical (unpaired) electrons. The van der Waals surface area contributed by atoms with Crippen LogP contribution in [0.5, 0.6) is 0 Å². The van der Waals surface area contributed by atoms with Crippen molar-refractivity contribution in [3.05, 3.63) is 90.1 Å². The van der Waals surface area contributed by atoms with Crippen molar-refractivity contribution in [2.24, 2.45) is 4.99 Å². The van der Waals surface area contributed by atoms with Crippen molar-refractivity contribution in [2.45, 2.75) is 0 Å². The highest BCUT2D eigenvalue weighted by molar-refractivity contribution is 5.92. The van der Waals surface area contributed by atoms with Crippen LogP contribution in [0.3, 0.4) is 0 Å². The van der Waals surface area contributed by atoms with Gasteiger partial charge in [0.05, 0.1) is 0 Å². The molecule has 0 fully saturated rings. The molecule has 0 atom stereocenters. The van der Waals surface area contributed by atoms with E-state index in [1.165, 1.54) is 5.56 Å². The molecule has 0 spiro atoms. The Balaban J connectivity index is 2.05. The molecule has 90 valence electrons. The number of allylic oxidation sites excluding steroid dienone is 4. The standard InChI is InChI=1S/C18H13N/c1-3-7-15(8-4-1)17-11-12-19-14-18(13-17)16-9-5-2-6-10-16/h1-11,13-14H. The van der Waals surface area contributed by atoms with Crippen molar-refractivity contribution >= 4 is 17.0 Å². The molecule has 0 amide bonds. The summed E-state index contributed by atoms with van der Waals surface area (Å²) in [6, 6.07) is 20.6. The molecular formula is C18H13N. The number of hydrogen-bond acceptors (Lipinski definition) is 1. The van der Waals surface area contributed by atoms with Crippen molar-refractivity contribution in [3.63, 3.8) is 0 Å². The number of benzene rings is 2. The van der Waals surface area contributed by atoms with Gasteiger partial charge in [0.2, 0.25) is 0 Å². The zero-order chi connectivity index (χ0) is 12.9. The summed E-state index contributed by atoms with van der Waals surface area (Å²) in [5.41, 5.74) is 4.56. The molecular weight excluding hydrogens is 230 g/mol. The third kappa shape index (κ3) is 2.62. The van der Waals surface area contributed by atoms with Crippen LogP contribution in [-0.4, -0.2) is 5.87 Å². The van der Waals surface area contributed by atoms with Crippen molar-refractivity contribution in [1.82, 2.24) is 0 Å². The van der Waals surface area contributed by atoms with Gasteiger partial charge in [0.15, 0.2) is 0 Å². The van der Waals surface area contributed by atoms with Gasteiger partial charge in [-0.05, 0) is 28.6 Å². The molecule has 1 heterocycles. The lowest BCUT2D eigenvalue weighted by atomic mass is 10.00. The lowest BCUT2D eigenvalue weighted by Crippen LogP contribution is -1.83. The first-order valence-corrected chi connectivity index (χ1v) is 6.25. The highest BCUT2D eigenvalue weighted by Gasteiger charge is 2.03. The molecule has 0 unspecified atom stereocenters. The first-order chi connectivity index (χ1) is 9.43. The molecule has 0 saturated carbocycles. The van der Waals surface area contributed by atoms with E-state index in [1.807, 2.05) is 48.7 Å². The third-order valence-corrected chi connectivity index (χ3v) is 3.02. The first kappa shape index (κ1) is 11.5. The smallest absolute Gasteiger partial charge is 0.0446 e. The molecule has 2 aromatic carbocycles. The van der Waals surface area contributed by atoms with Crippen LogP contribution in [-0.2, 0) is 0 Å². The summed E-state index contributed by atoms with van der Waals surface area (Å²) in [5.74, 6) is 2.95. The molecule has 0 saturated heterocycles. The second-order valence-corrected chi connectivity index (χ2v) is 4.32. The van der Waals surface area contributed by atoms with Crippen LogP contribution < -0.4 is 0 Å². The third-order valence-electron chi connectivity index (χ3n) is 3.02. The van der Waals surface area contributed by atoms with E-state index >= 15 is 0 Å². The molecule has 2 aromatic rings. The molecule has 0 aliphatic carbocycles. The normalized spacial score (nSPS) is 13.7. The average molecular weight is 243 g/mol. The molecule has 1 aliphatic heterocycles. The van der Waals surface area contributed by atoms with Gasteiger partial charge in [-0.25, -0.2) is 4.99 Å². The number of aliphatic imine (C=N–C) groups is 1. The van der Waals surface area contributed by atoms with Gasteiger partial charge in [0.25, 0.3) is 0 Å². The molecule has 0 bridgehead atoms. The summed E-state index contributed by atoms with van der Waals surface area (Å²) >= 11 is 0. The van der Waals surface area contributed by atoms with Crippen LogP contribution in [0.1, 0.15) is 11.1 Å². The maximum atomic E-state index is 4.18. The van der Waals surface area contributed by atoms with Gasteiger partial charge in [-0.3, -0.25) is 0 Å². The maximum Gasteiger partial charge on any atom is 0.0446 e. The van der Waals surface area contributed by atoms with E-state index in [-0.39, 0.29) is 0 Å². The fraction of sp³-hybridized carbons (Fsp3) is 0. The quantitative estimate of drug-likeness (QED) is 0.743. The van der Waals surface area contributed by atoms with Crippen LogP contribution in [0.15, 0.2) is 84.0 Å². The fourth-order valence-electron chi connectivity index (χ4n) is 2.05. The van der Waals surface area contributed by atoms with Gasteiger partial charge in [-0.1, -0.05) is 60.7 Å². The van der Waals surface area contributed by atoms with Crippen LogP contribution >= 0.6 is 0 Å². The molecule has 1 nitrogen and oxygen atoms in total. The predicted octanol–water partition coefficient (Wildman–Crippen LogP) is 4.35. The van der Waals surface area contributed by atoms with E-state index in [0.29, 0.717) is 0 Å². The van der Waals surface area contributed by atoms with Crippen molar-refractivity contribution in [3.8, 4) is 0 Å². The molecule has 19 heavy (non-hydrogen) atoms. The lowest BCUT2D eigenvalue weighted by Gasteiger charge is -2.04. The van der Waals surface area contributed by atoms with Gasteiger partial charge >= 0.3 is 0 Å². The Bertz CT molecular complexity index is 685. The fourth-order valence-corrected chi connectivity index (χ4v) is 2.05. The van der Waals surface area contributed by atoms with Gasteiger partial charge in [-0.15, -0.1) is 0 Å². The predicted molar refractivity (Wildman–Crippen MR) is 80.8 cm³/mol. The van der Waals surface area contributed by atoms with Gasteiger partial charge in [-0.2, -0.15) is 0 Å². The Kier molecular flexibility index (Phi) is 3.22. The Hall–Kier alpha value is -2.63. The zero-order valence-corrected chi connectivity index (χ0v) is 10.5. The van der Waals surface area contributed by atoms with E-state index < -0.39 is 0 Å². The minimum atomic E-state index is 1.10. The maximum absolute atomic E-state index is 4.18. The van der Waals surface area contributed by atoms with Crippen LogP contribution in [0, 0.1) is 0 Å². The Labute approximate surface area is 112 Å². The summed E-state index contributed by atoms with van der Waals surface area (Å²) in [6.07, 6.45) is 5.91. The highest BCUT2D eigenvalue weighted by atomic mass is 14.6. The highest BCUT2D eigenvalue weighted by Crippen LogP contribution is 2.24. The molecule has 1 aliphatic rings. The average Bonchev–Trinajstić information content (AvgIpc) is 2.75. The molecule has 1 heteroatoms. The summed E-state index contributed by atoms with van der Waals surface area (Å²) in [7, 11) is 0. The minimum absolute atomic E-state index is 1.10. The first-order valence-electron chi connectivity index (χ1n) is 6.25. The van der Waals surface area contributed by atoms with Gasteiger partial charge in [0, 0.05) is 17.8 Å². The minimum Gasteiger partial charge on any atom is -0.214 e. The SMILES string of the molecule is C1=CC(c2ccccc2)=CC(c2ccccc2)=CN=1. The number of rotatable bonds is 2. The van der Waals surface area contributed by atoms with Crippen molar-refractivity contribution in [2.75, 3.05) is 0 Å². The molecule has 3 rings (SSSR count). The Morgan fingerprint density at radius 2 is 1.26 bits per heavy atom. The largest absolute Gasteiger partial charge is 0.214 e.